The molecule has 19 heavy (non-hydrogen) atoms. The van der Waals surface area contributed by atoms with Crippen LogP contribution in [0.3, 0.4) is 0 Å². The predicted octanol–water partition coefficient (Wildman–Crippen LogP) is 3.09. The monoisotopic (exact) mass is 319 g/mol. The second-order valence-electron chi connectivity index (χ2n) is 4.72. The first-order valence-electron chi connectivity index (χ1n) is 6.02. The maximum atomic E-state index is 6.05. The largest absolute Gasteiger partial charge is 0.452 e. The van der Waals surface area contributed by atoms with Gasteiger partial charge in [-0.1, -0.05) is 18.2 Å². The lowest BCUT2D eigenvalue weighted by atomic mass is 9.97. The highest BCUT2D eigenvalue weighted by Crippen LogP contribution is 2.38. The molecule has 0 saturated carbocycles. The Balaban J connectivity index is 2.07. The van der Waals surface area contributed by atoms with Crippen LogP contribution in [0.5, 0.6) is 0 Å². The zero-order valence-electron chi connectivity index (χ0n) is 10.5. The molecule has 0 spiro atoms. The summed E-state index contributed by atoms with van der Waals surface area (Å²) in [4.78, 5) is 6.39. The Morgan fingerprint density at radius 2 is 2.00 bits per heavy atom. The number of para-hydroxylation sites is 1. The van der Waals surface area contributed by atoms with Crippen LogP contribution in [0.25, 0.3) is 0 Å². The number of guanidine groups is 1. The van der Waals surface area contributed by atoms with Crippen molar-refractivity contribution in [2.75, 3.05) is 11.4 Å². The summed E-state index contributed by atoms with van der Waals surface area (Å²) < 4.78 is 6.43. The minimum Gasteiger partial charge on any atom is -0.452 e. The van der Waals surface area contributed by atoms with Gasteiger partial charge in [-0.2, -0.15) is 0 Å². The molecule has 2 aromatic rings. The Labute approximate surface area is 120 Å². The number of hydrogen-bond donors (Lipinski definition) is 1. The summed E-state index contributed by atoms with van der Waals surface area (Å²) in [6.45, 7) is 2.66. The van der Waals surface area contributed by atoms with Gasteiger partial charge in [0.1, 0.15) is 11.3 Å². The number of rotatable bonds is 2. The van der Waals surface area contributed by atoms with Crippen molar-refractivity contribution in [2.24, 2.45) is 10.7 Å². The second-order valence-corrected chi connectivity index (χ2v) is 5.50. The van der Waals surface area contributed by atoms with Gasteiger partial charge in [-0.3, -0.25) is 9.89 Å². The van der Waals surface area contributed by atoms with Gasteiger partial charge in [0.15, 0.2) is 10.6 Å². The lowest BCUT2D eigenvalue weighted by Gasteiger charge is -2.34. The van der Waals surface area contributed by atoms with Crippen molar-refractivity contribution in [3.8, 4) is 0 Å². The summed E-state index contributed by atoms with van der Waals surface area (Å²) in [6.07, 6.45) is 0. The first kappa shape index (κ1) is 12.3. The Morgan fingerprint density at radius 1 is 1.26 bits per heavy atom. The number of anilines is 1. The van der Waals surface area contributed by atoms with Crippen LogP contribution in [0.15, 0.2) is 56.5 Å². The molecule has 0 fully saturated rings. The molecule has 1 unspecified atom stereocenters. The zero-order valence-corrected chi connectivity index (χ0v) is 12.1. The lowest BCUT2D eigenvalue weighted by Crippen LogP contribution is -2.47. The summed E-state index contributed by atoms with van der Waals surface area (Å²) in [6, 6.07) is 13.8. The van der Waals surface area contributed by atoms with E-state index in [0.29, 0.717) is 17.2 Å². The van der Waals surface area contributed by atoms with Crippen LogP contribution in [0.4, 0.5) is 5.69 Å². The highest BCUT2D eigenvalue weighted by Gasteiger charge is 2.43. The van der Waals surface area contributed by atoms with E-state index in [4.69, 9.17) is 10.2 Å². The molecule has 5 heteroatoms. The van der Waals surface area contributed by atoms with E-state index in [2.05, 4.69) is 27.8 Å². The number of nitrogens with zero attached hydrogens (tertiary/aromatic N) is 2. The molecule has 2 heterocycles. The molecule has 0 bridgehead atoms. The minimum absolute atomic E-state index is 0.391. The van der Waals surface area contributed by atoms with Crippen LogP contribution in [0.1, 0.15) is 12.7 Å². The lowest BCUT2D eigenvalue weighted by molar-refractivity contribution is 0.378. The molecule has 1 aliphatic heterocycles. The third-order valence-electron chi connectivity index (χ3n) is 3.39. The maximum Gasteiger partial charge on any atom is 0.196 e. The Morgan fingerprint density at radius 3 is 2.63 bits per heavy atom. The summed E-state index contributed by atoms with van der Waals surface area (Å²) in [5.41, 5.74) is 6.67. The molecule has 0 aliphatic carbocycles. The molecule has 98 valence electrons. The van der Waals surface area contributed by atoms with Gasteiger partial charge in [0, 0.05) is 5.69 Å². The van der Waals surface area contributed by atoms with Crippen LogP contribution < -0.4 is 10.6 Å². The molecule has 0 radical (unpaired) electrons. The van der Waals surface area contributed by atoms with Gasteiger partial charge in [-0.25, -0.2) is 0 Å². The summed E-state index contributed by atoms with van der Waals surface area (Å²) in [5.74, 6) is 1.36. The van der Waals surface area contributed by atoms with Gasteiger partial charge in [-0.05, 0) is 47.1 Å². The third-order valence-corrected chi connectivity index (χ3v) is 3.82. The topological polar surface area (TPSA) is 54.8 Å². The van der Waals surface area contributed by atoms with Gasteiger partial charge in [0.25, 0.3) is 0 Å². The molecule has 3 rings (SSSR count). The van der Waals surface area contributed by atoms with Crippen LogP contribution in [0, 0.1) is 0 Å². The summed E-state index contributed by atoms with van der Waals surface area (Å²) >= 11 is 3.34. The van der Waals surface area contributed by atoms with Crippen LogP contribution in [-0.4, -0.2) is 12.5 Å². The number of halogens is 1. The first-order chi connectivity index (χ1) is 9.11. The minimum atomic E-state index is -0.391. The number of furan rings is 1. The average Bonchev–Trinajstić information content (AvgIpc) is 2.96. The van der Waals surface area contributed by atoms with E-state index in [1.807, 2.05) is 47.4 Å². The predicted molar refractivity (Wildman–Crippen MR) is 79.2 cm³/mol. The standard InChI is InChI=1S/C14H14BrN3O/c1-14(11-7-8-12(15)19-11)9-17-13(16)18(14)10-5-3-2-4-6-10/h2-8H,9H2,1H3,(H2,16,17). The fourth-order valence-corrected chi connectivity index (χ4v) is 2.72. The van der Waals surface area contributed by atoms with E-state index in [0.717, 1.165) is 11.4 Å². The van der Waals surface area contributed by atoms with Gasteiger partial charge in [0.2, 0.25) is 0 Å². The average molecular weight is 320 g/mol. The number of aliphatic imine (C=N–C) groups is 1. The highest BCUT2D eigenvalue weighted by molar-refractivity contribution is 9.10. The fourth-order valence-electron chi connectivity index (χ4n) is 2.42. The van der Waals surface area contributed by atoms with E-state index < -0.39 is 5.54 Å². The highest BCUT2D eigenvalue weighted by atomic mass is 79.9. The molecule has 4 nitrogen and oxygen atoms in total. The Bertz CT molecular complexity index is 623. The molecule has 1 atom stereocenters. The van der Waals surface area contributed by atoms with Crippen LogP contribution >= 0.6 is 15.9 Å². The van der Waals surface area contributed by atoms with Crippen molar-refractivity contribution >= 4 is 27.6 Å². The fraction of sp³-hybridized carbons (Fsp3) is 0.214. The van der Waals surface area contributed by atoms with E-state index in [1.54, 1.807) is 0 Å². The van der Waals surface area contributed by atoms with E-state index >= 15 is 0 Å². The summed E-state index contributed by atoms with van der Waals surface area (Å²) in [5, 5.41) is 0. The van der Waals surface area contributed by atoms with E-state index in [9.17, 15) is 0 Å². The van der Waals surface area contributed by atoms with Gasteiger partial charge in [0.05, 0.1) is 6.54 Å². The summed E-state index contributed by atoms with van der Waals surface area (Å²) in [7, 11) is 0. The zero-order chi connectivity index (χ0) is 13.5. The molecule has 1 aliphatic rings. The Hall–Kier alpha value is -1.75. The quantitative estimate of drug-likeness (QED) is 0.925. The first-order valence-corrected chi connectivity index (χ1v) is 6.81. The second kappa shape index (κ2) is 4.42. The van der Waals surface area contributed by atoms with E-state index in [-0.39, 0.29) is 0 Å². The van der Waals surface area contributed by atoms with E-state index in [1.165, 1.54) is 0 Å². The van der Waals surface area contributed by atoms with Gasteiger partial charge in [-0.15, -0.1) is 0 Å². The normalized spacial score (nSPS) is 22.6. The van der Waals surface area contributed by atoms with Crippen molar-refractivity contribution in [3.63, 3.8) is 0 Å². The maximum absolute atomic E-state index is 6.05. The molecular weight excluding hydrogens is 306 g/mol. The third kappa shape index (κ3) is 1.94. The van der Waals surface area contributed by atoms with Crippen molar-refractivity contribution in [2.45, 2.75) is 12.5 Å². The molecule has 0 amide bonds. The van der Waals surface area contributed by atoms with Crippen molar-refractivity contribution in [3.05, 3.63) is 52.9 Å². The molecule has 1 aromatic heterocycles. The SMILES string of the molecule is CC1(c2ccc(Br)o2)CN=C(N)N1c1ccccc1. The molecular formula is C14H14BrN3O. The van der Waals surface area contributed by atoms with Gasteiger partial charge >= 0.3 is 0 Å². The molecule has 0 saturated heterocycles. The van der Waals surface area contributed by atoms with Crippen molar-refractivity contribution in [1.29, 1.82) is 0 Å². The van der Waals surface area contributed by atoms with Crippen LogP contribution in [0.2, 0.25) is 0 Å². The van der Waals surface area contributed by atoms with Gasteiger partial charge < -0.3 is 10.2 Å². The number of nitrogens with two attached hydrogens (primary N) is 1. The van der Waals surface area contributed by atoms with Crippen LogP contribution in [-0.2, 0) is 5.54 Å². The number of benzene rings is 1. The Kier molecular flexibility index (Phi) is 2.86. The molecule has 1 aromatic carbocycles. The number of hydrogen-bond acceptors (Lipinski definition) is 4. The van der Waals surface area contributed by atoms with Crippen molar-refractivity contribution < 1.29 is 4.42 Å². The molecule has 2 N–H and O–H groups in total. The smallest absolute Gasteiger partial charge is 0.196 e. The van der Waals surface area contributed by atoms with Crippen molar-refractivity contribution in [1.82, 2.24) is 0 Å².